The number of likely N-dealkylation sites (N-methyl/N-ethyl adjacent to an activating group) is 1. The minimum absolute atomic E-state index is 0.134. The first kappa shape index (κ1) is 17.9. The molecule has 2 rings (SSSR count). The van der Waals surface area contributed by atoms with Gasteiger partial charge in [0.05, 0.1) is 25.0 Å². The van der Waals surface area contributed by atoms with Gasteiger partial charge < -0.3 is 9.84 Å². The Morgan fingerprint density at radius 3 is 2.65 bits per heavy atom. The summed E-state index contributed by atoms with van der Waals surface area (Å²) >= 11 is 6.08. The van der Waals surface area contributed by atoms with Gasteiger partial charge in [0.2, 0.25) is 0 Å². The summed E-state index contributed by atoms with van der Waals surface area (Å²) in [5.41, 5.74) is 1.91. The molecular formula is C18H23ClN2O2. The van der Waals surface area contributed by atoms with Crippen molar-refractivity contribution < 1.29 is 9.84 Å². The van der Waals surface area contributed by atoms with E-state index in [9.17, 15) is 5.11 Å². The van der Waals surface area contributed by atoms with Crippen LogP contribution in [0.25, 0.3) is 0 Å². The number of benzene rings is 1. The zero-order valence-electron chi connectivity index (χ0n) is 13.5. The molecule has 5 heteroatoms. The Balaban J connectivity index is 1.76. The van der Waals surface area contributed by atoms with Crippen LogP contribution in [-0.4, -0.2) is 41.3 Å². The molecule has 0 fully saturated rings. The van der Waals surface area contributed by atoms with Crippen LogP contribution in [0.3, 0.4) is 0 Å². The van der Waals surface area contributed by atoms with E-state index in [0.29, 0.717) is 18.2 Å². The van der Waals surface area contributed by atoms with Crippen LogP contribution in [0.2, 0.25) is 5.02 Å². The summed E-state index contributed by atoms with van der Waals surface area (Å²) in [5, 5.41) is 10.8. The van der Waals surface area contributed by atoms with Crippen LogP contribution in [0.4, 0.5) is 0 Å². The monoisotopic (exact) mass is 334 g/mol. The fourth-order valence-electron chi connectivity index (χ4n) is 2.31. The van der Waals surface area contributed by atoms with Gasteiger partial charge in [0.15, 0.2) is 0 Å². The third-order valence-corrected chi connectivity index (χ3v) is 4.17. The first-order chi connectivity index (χ1) is 11.1. The van der Waals surface area contributed by atoms with E-state index in [-0.39, 0.29) is 12.6 Å². The van der Waals surface area contributed by atoms with Gasteiger partial charge in [-0.15, -0.1) is 0 Å². The highest BCUT2D eigenvalue weighted by Gasteiger charge is 2.16. The van der Waals surface area contributed by atoms with Crippen molar-refractivity contribution in [2.45, 2.75) is 25.7 Å². The number of pyridine rings is 1. The molecule has 2 unspecified atom stereocenters. The van der Waals surface area contributed by atoms with Crippen molar-refractivity contribution in [3.63, 3.8) is 0 Å². The van der Waals surface area contributed by atoms with Gasteiger partial charge in [0.1, 0.15) is 0 Å². The van der Waals surface area contributed by atoms with Crippen LogP contribution in [0.1, 0.15) is 24.2 Å². The van der Waals surface area contributed by atoms with Crippen molar-refractivity contribution >= 4 is 11.6 Å². The summed E-state index contributed by atoms with van der Waals surface area (Å²) in [7, 11) is 1.97. The van der Waals surface area contributed by atoms with Crippen molar-refractivity contribution in [2.75, 3.05) is 20.2 Å². The summed E-state index contributed by atoms with van der Waals surface area (Å²) in [6.07, 6.45) is 1.22. The van der Waals surface area contributed by atoms with Gasteiger partial charge in [-0.2, -0.15) is 0 Å². The average molecular weight is 335 g/mol. The highest BCUT2D eigenvalue weighted by Crippen LogP contribution is 2.17. The summed E-state index contributed by atoms with van der Waals surface area (Å²) < 4.78 is 5.57. The second-order valence-electron chi connectivity index (χ2n) is 5.63. The van der Waals surface area contributed by atoms with Gasteiger partial charge >= 0.3 is 0 Å². The molecule has 0 spiro atoms. The molecule has 0 aliphatic rings. The van der Waals surface area contributed by atoms with Crippen molar-refractivity contribution in [3.05, 3.63) is 64.9 Å². The molecule has 0 saturated carbocycles. The number of aromatic nitrogens is 1. The maximum absolute atomic E-state index is 10.1. The van der Waals surface area contributed by atoms with Crippen molar-refractivity contribution in [2.24, 2.45) is 0 Å². The smallest absolute Gasteiger partial charge is 0.0900 e. The molecule has 124 valence electrons. The van der Waals surface area contributed by atoms with E-state index in [0.717, 1.165) is 11.3 Å². The summed E-state index contributed by atoms with van der Waals surface area (Å²) in [5.74, 6) is 0. The molecule has 0 amide bonds. The molecule has 1 heterocycles. The van der Waals surface area contributed by atoms with Crippen LogP contribution in [0, 0.1) is 0 Å². The molecule has 4 nitrogen and oxygen atoms in total. The average Bonchev–Trinajstić information content (AvgIpc) is 2.56. The van der Waals surface area contributed by atoms with Crippen LogP contribution >= 0.6 is 11.6 Å². The lowest BCUT2D eigenvalue weighted by Gasteiger charge is -2.26. The molecule has 0 aliphatic carbocycles. The number of aliphatic hydroxyl groups is 1. The number of ether oxygens (including phenoxy) is 1. The molecule has 1 aromatic heterocycles. The number of nitrogens with zero attached hydrogens (tertiary/aromatic N) is 2. The van der Waals surface area contributed by atoms with E-state index >= 15 is 0 Å². The fourth-order valence-corrected chi connectivity index (χ4v) is 2.50. The molecular weight excluding hydrogens is 312 g/mol. The number of rotatable bonds is 8. The second-order valence-corrected chi connectivity index (χ2v) is 6.04. The highest BCUT2D eigenvalue weighted by molar-refractivity contribution is 6.31. The quantitative estimate of drug-likeness (QED) is 0.804. The van der Waals surface area contributed by atoms with Crippen molar-refractivity contribution in [1.29, 1.82) is 0 Å². The predicted octanol–water partition coefficient (Wildman–Crippen LogP) is 3.31. The van der Waals surface area contributed by atoms with E-state index in [1.165, 1.54) is 0 Å². The Kier molecular flexibility index (Phi) is 6.99. The lowest BCUT2D eigenvalue weighted by molar-refractivity contribution is 0.00831. The lowest BCUT2D eigenvalue weighted by Crippen LogP contribution is -2.34. The van der Waals surface area contributed by atoms with Gasteiger partial charge in [-0.1, -0.05) is 35.9 Å². The molecule has 0 aliphatic heterocycles. The summed E-state index contributed by atoms with van der Waals surface area (Å²) in [6, 6.07) is 13.5. The third kappa shape index (κ3) is 5.59. The number of hydrogen-bond donors (Lipinski definition) is 1. The van der Waals surface area contributed by atoms with E-state index in [4.69, 9.17) is 16.3 Å². The second kappa shape index (κ2) is 8.99. The standard InChI is InChI=1S/C18H23ClN2O2/c1-14(18-9-5-6-10-20-18)21(2)11-16(22)13-23-12-15-7-3-4-8-17(15)19/h3-10,14,16,22H,11-13H2,1-2H3. The minimum Gasteiger partial charge on any atom is -0.389 e. The fraction of sp³-hybridized carbons (Fsp3) is 0.389. The largest absolute Gasteiger partial charge is 0.389 e. The Morgan fingerprint density at radius 2 is 1.96 bits per heavy atom. The lowest BCUT2D eigenvalue weighted by atomic mass is 10.2. The molecule has 2 aromatic rings. The van der Waals surface area contributed by atoms with Gasteiger partial charge in [-0.05, 0) is 37.7 Å². The third-order valence-electron chi connectivity index (χ3n) is 3.80. The first-order valence-electron chi connectivity index (χ1n) is 7.68. The van der Waals surface area contributed by atoms with Crippen molar-refractivity contribution in [3.8, 4) is 0 Å². The van der Waals surface area contributed by atoms with Crippen LogP contribution in [0.15, 0.2) is 48.7 Å². The maximum atomic E-state index is 10.1. The zero-order chi connectivity index (χ0) is 16.7. The molecule has 1 N–H and O–H groups in total. The Morgan fingerprint density at radius 1 is 1.22 bits per heavy atom. The van der Waals surface area contributed by atoms with Crippen LogP contribution in [0.5, 0.6) is 0 Å². The number of hydrogen-bond acceptors (Lipinski definition) is 4. The number of aliphatic hydroxyl groups excluding tert-OH is 1. The summed E-state index contributed by atoms with van der Waals surface area (Å²) in [4.78, 5) is 6.41. The van der Waals surface area contributed by atoms with E-state index in [2.05, 4.69) is 16.8 Å². The molecule has 23 heavy (non-hydrogen) atoms. The molecule has 0 saturated heterocycles. The molecule has 1 aromatic carbocycles. The molecule has 0 radical (unpaired) electrons. The summed E-state index contributed by atoms with van der Waals surface area (Å²) in [6.45, 7) is 3.25. The van der Waals surface area contributed by atoms with Gasteiger partial charge in [0, 0.05) is 23.8 Å². The van der Waals surface area contributed by atoms with Gasteiger partial charge in [0.25, 0.3) is 0 Å². The van der Waals surface area contributed by atoms with E-state index in [1.807, 2.05) is 49.5 Å². The normalized spacial score (nSPS) is 14.0. The zero-order valence-corrected chi connectivity index (χ0v) is 14.3. The Labute approximate surface area is 142 Å². The highest BCUT2D eigenvalue weighted by atomic mass is 35.5. The van der Waals surface area contributed by atoms with Crippen LogP contribution < -0.4 is 0 Å². The van der Waals surface area contributed by atoms with Crippen LogP contribution in [-0.2, 0) is 11.3 Å². The SMILES string of the molecule is CC(c1ccccn1)N(C)CC(O)COCc1ccccc1Cl. The minimum atomic E-state index is -0.561. The predicted molar refractivity (Wildman–Crippen MR) is 92.4 cm³/mol. The van der Waals surface area contributed by atoms with E-state index in [1.54, 1.807) is 6.20 Å². The molecule has 0 bridgehead atoms. The number of halogens is 1. The van der Waals surface area contributed by atoms with Gasteiger partial charge in [-0.25, -0.2) is 0 Å². The topological polar surface area (TPSA) is 45.6 Å². The van der Waals surface area contributed by atoms with Gasteiger partial charge in [-0.3, -0.25) is 9.88 Å². The maximum Gasteiger partial charge on any atom is 0.0900 e. The molecule has 2 atom stereocenters. The van der Waals surface area contributed by atoms with Crippen molar-refractivity contribution in [1.82, 2.24) is 9.88 Å². The Hall–Kier alpha value is -1.46. The Bertz CT molecular complexity index is 595. The van der Waals surface area contributed by atoms with E-state index < -0.39 is 6.10 Å². The first-order valence-corrected chi connectivity index (χ1v) is 8.06.